The number of hydrogen-bond donors (Lipinski definition) is 1. The number of benzene rings is 1. The van der Waals surface area contributed by atoms with Crippen molar-refractivity contribution in [2.24, 2.45) is 0 Å². The lowest BCUT2D eigenvalue weighted by Gasteiger charge is -1.95. The molecule has 2 nitrogen and oxygen atoms in total. The zero-order valence-corrected chi connectivity index (χ0v) is 7.26. The van der Waals surface area contributed by atoms with E-state index < -0.39 is 0 Å². The van der Waals surface area contributed by atoms with Gasteiger partial charge in [0.05, 0.1) is 0 Å². The van der Waals surface area contributed by atoms with Gasteiger partial charge < -0.3 is 5.32 Å². The first-order valence-corrected chi connectivity index (χ1v) is 4.24. The highest BCUT2D eigenvalue weighted by Gasteiger charge is 2.26. The van der Waals surface area contributed by atoms with E-state index in [0.29, 0.717) is 0 Å². The van der Waals surface area contributed by atoms with Crippen molar-refractivity contribution < 1.29 is 4.79 Å². The molecule has 1 aliphatic heterocycles. The number of para-hydroxylation sites is 1. The van der Waals surface area contributed by atoms with E-state index >= 15 is 0 Å². The van der Waals surface area contributed by atoms with Gasteiger partial charge in [0.1, 0.15) is 4.83 Å². The summed E-state index contributed by atoms with van der Waals surface area (Å²) >= 11 is 3.29. The molecule has 2 rings (SSSR count). The van der Waals surface area contributed by atoms with Crippen LogP contribution in [-0.2, 0) is 4.79 Å². The predicted octanol–water partition coefficient (Wildman–Crippen LogP) is 2.07. The van der Waals surface area contributed by atoms with Crippen molar-refractivity contribution in [2.75, 3.05) is 5.32 Å². The predicted molar refractivity (Wildman–Crippen MR) is 46.7 cm³/mol. The maximum atomic E-state index is 11.1. The molecule has 1 aromatic carbocycles. The molecule has 0 bridgehead atoms. The Kier molecular flexibility index (Phi) is 1.46. The second-order valence-electron chi connectivity index (χ2n) is 2.44. The molecule has 0 spiro atoms. The number of amides is 1. The minimum absolute atomic E-state index is 0.0196. The maximum Gasteiger partial charge on any atom is 0.242 e. The number of fused-ring (bicyclic) bond motifs is 1. The Hall–Kier alpha value is -0.830. The van der Waals surface area contributed by atoms with E-state index in [2.05, 4.69) is 21.2 Å². The van der Waals surface area contributed by atoms with Crippen molar-refractivity contribution in [1.29, 1.82) is 0 Å². The molecule has 11 heavy (non-hydrogen) atoms. The summed E-state index contributed by atoms with van der Waals surface area (Å²) in [4.78, 5) is 10.9. The van der Waals surface area contributed by atoms with Crippen LogP contribution in [0.5, 0.6) is 0 Å². The molecule has 1 heterocycles. The smallest absolute Gasteiger partial charge is 0.242 e. The van der Waals surface area contributed by atoms with Crippen LogP contribution in [0.4, 0.5) is 5.69 Å². The number of alkyl halides is 1. The summed E-state index contributed by atoms with van der Waals surface area (Å²) in [5.74, 6) is 0.0196. The van der Waals surface area contributed by atoms with Crippen molar-refractivity contribution >= 4 is 27.5 Å². The second kappa shape index (κ2) is 2.34. The Morgan fingerprint density at radius 3 is 2.82 bits per heavy atom. The van der Waals surface area contributed by atoms with Gasteiger partial charge in [0.15, 0.2) is 0 Å². The van der Waals surface area contributed by atoms with Crippen molar-refractivity contribution in [3.05, 3.63) is 29.8 Å². The highest BCUT2D eigenvalue weighted by Crippen LogP contribution is 2.35. The molecule has 0 saturated heterocycles. The van der Waals surface area contributed by atoms with E-state index in [1.165, 1.54) is 0 Å². The normalized spacial score (nSPS) is 21.2. The van der Waals surface area contributed by atoms with Crippen molar-refractivity contribution in [2.45, 2.75) is 4.83 Å². The van der Waals surface area contributed by atoms with Crippen LogP contribution in [-0.4, -0.2) is 5.91 Å². The third-order valence-electron chi connectivity index (χ3n) is 1.72. The molecule has 1 aromatic rings. The topological polar surface area (TPSA) is 29.1 Å². The standard InChI is InChI=1S/C8H6BrNO/c9-7-5-3-1-2-4-6(5)10-8(7)11/h1-4,7H,(H,10,11). The molecular weight excluding hydrogens is 206 g/mol. The van der Waals surface area contributed by atoms with Gasteiger partial charge in [-0.1, -0.05) is 34.1 Å². The molecule has 1 atom stereocenters. The Labute approximate surface area is 72.7 Å². The summed E-state index contributed by atoms with van der Waals surface area (Å²) in [6, 6.07) is 7.67. The van der Waals surface area contributed by atoms with Gasteiger partial charge in [-0.05, 0) is 11.6 Å². The minimum atomic E-state index is -0.168. The van der Waals surface area contributed by atoms with E-state index in [1.54, 1.807) is 0 Å². The highest BCUT2D eigenvalue weighted by atomic mass is 79.9. The van der Waals surface area contributed by atoms with Gasteiger partial charge in [-0.15, -0.1) is 0 Å². The quantitative estimate of drug-likeness (QED) is 0.655. The van der Waals surface area contributed by atoms with Crippen LogP contribution in [0.3, 0.4) is 0 Å². The van der Waals surface area contributed by atoms with E-state index in [4.69, 9.17) is 0 Å². The number of rotatable bonds is 0. The zero-order chi connectivity index (χ0) is 7.84. The van der Waals surface area contributed by atoms with Crippen LogP contribution in [0.15, 0.2) is 24.3 Å². The fourth-order valence-corrected chi connectivity index (χ4v) is 1.68. The van der Waals surface area contributed by atoms with E-state index in [-0.39, 0.29) is 10.7 Å². The van der Waals surface area contributed by atoms with Crippen LogP contribution in [0, 0.1) is 0 Å². The molecular formula is C8H6BrNO. The van der Waals surface area contributed by atoms with E-state index in [0.717, 1.165) is 11.3 Å². The maximum absolute atomic E-state index is 11.1. The molecule has 0 aromatic heterocycles. The molecule has 1 unspecified atom stereocenters. The number of carbonyl (C=O) groups excluding carboxylic acids is 1. The van der Waals surface area contributed by atoms with Gasteiger partial charge in [-0.3, -0.25) is 4.79 Å². The highest BCUT2D eigenvalue weighted by molar-refractivity contribution is 9.09. The van der Waals surface area contributed by atoms with Crippen molar-refractivity contribution in [3.63, 3.8) is 0 Å². The number of halogens is 1. The van der Waals surface area contributed by atoms with Gasteiger partial charge >= 0.3 is 0 Å². The molecule has 0 fully saturated rings. The monoisotopic (exact) mass is 211 g/mol. The van der Waals surface area contributed by atoms with Gasteiger partial charge in [-0.2, -0.15) is 0 Å². The Morgan fingerprint density at radius 2 is 2.09 bits per heavy atom. The van der Waals surface area contributed by atoms with Gasteiger partial charge in [0.2, 0.25) is 5.91 Å². The van der Waals surface area contributed by atoms with Gasteiger partial charge in [0.25, 0.3) is 0 Å². The molecule has 1 N–H and O–H groups in total. The zero-order valence-electron chi connectivity index (χ0n) is 5.67. The molecule has 0 radical (unpaired) electrons. The van der Waals surface area contributed by atoms with Crippen LogP contribution in [0.2, 0.25) is 0 Å². The van der Waals surface area contributed by atoms with Crippen molar-refractivity contribution in [3.8, 4) is 0 Å². The van der Waals surface area contributed by atoms with E-state index in [9.17, 15) is 4.79 Å². The summed E-state index contributed by atoms with van der Waals surface area (Å²) in [5, 5.41) is 2.76. The summed E-state index contributed by atoms with van der Waals surface area (Å²) in [6.07, 6.45) is 0. The largest absolute Gasteiger partial charge is 0.325 e. The minimum Gasteiger partial charge on any atom is -0.325 e. The summed E-state index contributed by atoms with van der Waals surface area (Å²) in [6.45, 7) is 0. The average molecular weight is 212 g/mol. The fourth-order valence-electron chi connectivity index (χ4n) is 1.17. The molecule has 0 aliphatic carbocycles. The van der Waals surface area contributed by atoms with Gasteiger partial charge in [0, 0.05) is 5.69 Å². The first-order valence-electron chi connectivity index (χ1n) is 3.33. The third-order valence-corrected chi connectivity index (χ3v) is 2.63. The number of hydrogen-bond acceptors (Lipinski definition) is 1. The molecule has 56 valence electrons. The summed E-state index contributed by atoms with van der Waals surface area (Å²) in [7, 11) is 0. The van der Waals surface area contributed by atoms with Gasteiger partial charge in [-0.25, -0.2) is 0 Å². The second-order valence-corrected chi connectivity index (χ2v) is 3.35. The first-order chi connectivity index (χ1) is 5.29. The Morgan fingerprint density at radius 1 is 1.36 bits per heavy atom. The summed E-state index contributed by atoms with van der Waals surface area (Å²) in [5.41, 5.74) is 1.94. The SMILES string of the molecule is O=C1Nc2ccccc2C1Br. The lowest BCUT2D eigenvalue weighted by atomic mass is 10.2. The van der Waals surface area contributed by atoms with E-state index in [1.807, 2.05) is 24.3 Å². The number of carbonyl (C=O) groups is 1. The van der Waals surface area contributed by atoms with Crippen LogP contribution in [0.1, 0.15) is 10.4 Å². The fraction of sp³-hybridized carbons (Fsp3) is 0.125. The third kappa shape index (κ3) is 0.959. The number of anilines is 1. The van der Waals surface area contributed by atoms with Crippen LogP contribution in [0.25, 0.3) is 0 Å². The molecule has 3 heteroatoms. The van der Waals surface area contributed by atoms with Crippen molar-refractivity contribution in [1.82, 2.24) is 0 Å². The lowest BCUT2D eigenvalue weighted by molar-refractivity contribution is -0.115. The lowest BCUT2D eigenvalue weighted by Crippen LogP contribution is -2.06. The Balaban J connectivity index is 2.55. The molecule has 1 aliphatic rings. The average Bonchev–Trinajstić information content (AvgIpc) is 2.30. The summed E-state index contributed by atoms with van der Waals surface area (Å²) < 4.78 is 0. The molecule has 0 saturated carbocycles. The van der Waals surface area contributed by atoms with Crippen LogP contribution < -0.4 is 5.32 Å². The number of nitrogens with one attached hydrogen (secondary N) is 1. The first kappa shape index (κ1) is 6.85. The Bertz CT molecular complexity index is 311. The van der Waals surface area contributed by atoms with Crippen LogP contribution >= 0.6 is 15.9 Å². The molecule has 1 amide bonds.